The fraction of sp³-hybridized carbons (Fsp3) is 0.571. The van der Waals surface area contributed by atoms with E-state index in [0.717, 1.165) is 6.54 Å². The molecule has 0 spiro atoms. The molecule has 2 N–H and O–H groups in total. The first-order chi connectivity index (χ1) is 8.20. The van der Waals surface area contributed by atoms with Crippen molar-refractivity contribution in [2.75, 3.05) is 18.1 Å². The SMILES string of the molecule is Cc1cc(C)cc(N2CCCCC2CON)c1. The van der Waals surface area contributed by atoms with Crippen molar-refractivity contribution in [1.82, 2.24) is 0 Å². The molecule has 1 saturated heterocycles. The molecule has 1 aliphatic heterocycles. The third kappa shape index (κ3) is 2.99. The molecule has 0 aromatic heterocycles. The zero-order chi connectivity index (χ0) is 12.3. The highest BCUT2D eigenvalue weighted by molar-refractivity contribution is 5.52. The minimum absolute atomic E-state index is 0.426. The van der Waals surface area contributed by atoms with Crippen LogP contribution in [0.4, 0.5) is 5.69 Å². The average molecular weight is 234 g/mol. The summed E-state index contributed by atoms with van der Waals surface area (Å²) >= 11 is 0. The summed E-state index contributed by atoms with van der Waals surface area (Å²) in [4.78, 5) is 7.29. The number of aryl methyl sites for hydroxylation is 2. The second-order valence-corrected chi connectivity index (χ2v) is 5.02. The molecule has 1 unspecified atom stereocenters. The molecule has 3 nitrogen and oxygen atoms in total. The van der Waals surface area contributed by atoms with Crippen LogP contribution in [0.2, 0.25) is 0 Å². The van der Waals surface area contributed by atoms with Gasteiger partial charge in [0.1, 0.15) is 0 Å². The lowest BCUT2D eigenvalue weighted by atomic mass is 10.0. The van der Waals surface area contributed by atoms with Crippen molar-refractivity contribution in [3.63, 3.8) is 0 Å². The van der Waals surface area contributed by atoms with Crippen molar-refractivity contribution in [3.05, 3.63) is 29.3 Å². The minimum Gasteiger partial charge on any atom is -0.366 e. The number of anilines is 1. The van der Waals surface area contributed by atoms with Gasteiger partial charge in [-0.1, -0.05) is 6.07 Å². The van der Waals surface area contributed by atoms with Gasteiger partial charge in [-0.15, -0.1) is 0 Å². The second-order valence-electron chi connectivity index (χ2n) is 5.02. The van der Waals surface area contributed by atoms with E-state index in [1.807, 2.05) is 0 Å². The van der Waals surface area contributed by atoms with Crippen molar-refractivity contribution in [3.8, 4) is 0 Å². The number of nitrogens with two attached hydrogens (primary N) is 1. The fourth-order valence-corrected chi connectivity index (χ4v) is 2.74. The number of benzene rings is 1. The third-order valence-electron chi connectivity index (χ3n) is 3.45. The van der Waals surface area contributed by atoms with Crippen LogP contribution in [0, 0.1) is 13.8 Å². The molecule has 2 rings (SSSR count). The van der Waals surface area contributed by atoms with Gasteiger partial charge < -0.3 is 9.74 Å². The van der Waals surface area contributed by atoms with Crippen LogP contribution in [-0.4, -0.2) is 19.2 Å². The van der Waals surface area contributed by atoms with Gasteiger partial charge in [0.05, 0.1) is 12.6 Å². The molecule has 17 heavy (non-hydrogen) atoms. The van der Waals surface area contributed by atoms with Crippen molar-refractivity contribution < 1.29 is 4.84 Å². The van der Waals surface area contributed by atoms with Crippen LogP contribution in [0.25, 0.3) is 0 Å². The largest absolute Gasteiger partial charge is 0.366 e. The van der Waals surface area contributed by atoms with Crippen LogP contribution in [0.1, 0.15) is 30.4 Å². The maximum atomic E-state index is 5.23. The third-order valence-corrected chi connectivity index (χ3v) is 3.45. The number of piperidine rings is 1. The molecule has 0 radical (unpaired) electrons. The molecule has 0 bridgehead atoms. The lowest BCUT2D eigenvalue weighted by Crippen LogP contribution is -2.43. The zero-order valence-corrected chi connectivity index (χ0v) is 10.8. The molecule has 0 aliphatic carbocycles. The molecule has 1 heterocycles. The number of hydrogen-bond acceptors (Lipinski definition) is 3. The first-order valence-electron chi connectivity index (χ1n) is 6.37. The molecule has 1 aromatic rings. The van der Waals surface area contributed by atoms with Crippen molar-refractivity contribution >= 4 is 5.69 Å². The number of nitrogens with zero attached hydrogens (tertiary/aromatic N) is 1. The summed E-state index contributed by atoms with van der Waals surface area (Å²) in [5, 5.41) is 0. The molecule has 1 aliphatic rings. The first kappa shape index (κ1) is 12.4. The van der Waals surface area contributed by atoms with E-state index in [1.165, 1.54) is 36.1 Å². The Balaban J connectivity index is 2.22. The van der Waals surface area contributed by atoms with Gasteiger partial charge in [-0.3, -0.25) is 0 Å². The van der Waals surface area contributed by atoms with E-state index in [-0.39, 0.29) is 0 Å². The number of rotatable bonds is 3. The maximum absolute atomic E-state index is 5.23. The standard InChI is InChI=1S/C14H22N2O/c1-11-7-12(2)9-14(8-11)16-6-4-3-5-13(16)10-17-15/h7-9,13H,3-6,10,15H2,1-2H3. The summed E-state index contributed by atoms with van der Waals surface area (Å²) in [5.41, 5.74) is 3.94. The summed E-state index contributed by atoms with van der Waals surface area (Å²) in [7, 11) is 0. The van der Waals surface area contributed by atoms with Crippen molar-refractivity contribution in [2.24, 2.45) is 5.90 Å². The Kier molecular flexibility index (Phi) is 4.02. The zero-order valence-electron chi connectivity index (χ0n) is 10.8. The predicted molar refractivity (Wildman–Crippen MR) is 71.0 cm³/mol. The normalized spacial score (nSPS) is 20.6. The molecule has 0 saturated carbocycles. The highest BCUT2D eigenvalue weighted by Crippen LogP contribution is 2.26. The predicted octanol–water partition coefficient (Wildman–Crippen LogP) is 2.55. The van der Waals surface area contributed by atoms with E-state index in [0.29, 0.717) is 12.6 Å². The lowest BCUT2D eigenvalue weighted by molar-refractivity contribution is 0.114. The Morgan fingerprint density at radius 3 is 2.59 bits per heavy atom. The topological polar surface area (TPSA) is 38.5 Å². The van der Waals surface area contributed by atoms with Crippen LogP contribution >= 0.6 is 0 Å². The Hall–Kier alpha value is -1.06. The molecular weight excluding hydrogens is 212 g/mol. The van der Waals surface area contributed by atoms with Crippen molar-refractivity contribution in [1.29, 1.82) is 0 Å². The summed E-state index contributed by atoms with van der Waals surface area (Å²) < 4.78 is 0. The fourth-order valence-electron chi connectivity index (χ4n) is 2.74. The van der Waals surface area contributed by atoms with E-state index in [1.54, 1.807) is 0 Å². The van der Waals surface area contributed by atoms with Crippen molar-refractivity contribution in [2.45, 2.75) is 39.2 Å². The van der Waals surface area contributed by atoms with Gasteiger partial charge in [0.15, 0.2) is 0 Å². The minimum atomic E-state index is 0.426. The summed E-state index contributed by atoms with van der Waals surface area (Å²) in [6.45, 7) is 6.02. The molecule has 1 aromatic carbocycles. The van der Waals surface area contributed by atoms with Gasteiger partial charge in [-0.25, -0.2) is 5.90 Å². The molecule has 94 valence electrons. The Morgan fingerprint density at radius 2 is 1.94 bits per heavy atom. The summed E-state index contributed by atoms with van der Waals surface area (Å²) in [6, 6.07) is 7.14. The van der Waals surface area contributed by atoms with Crippen LogP contribution in [-0.2, 0) is 4.84 Å². The molecule has 1 atom stereocenters. The molecule has 1 fully saturated rings. The van der Waals surface area contributed by atoms with Gasteiger partial charge in [0.25, 0.3) is 0 Å². The summed E-state index contributed by atoms with van der Waals surface area (Å²) in [5.74, 6) is 5.23. The van der Waals surface area contributed by atoms with Gasteiger partial charge in [0, 0.05) is 12.2 Å². The van der Waals surface area contributed by atoms with Gasteiger partial charge in [-0.2, -0.15) is 0 Å². The quantitative estimate of drug-likeness (QED) is 0.817. The van der Waals surface area contributed by atoms with Crippen LogP contribution in [0.5, 0.6) is 0 Å². The van der Waals surface area contributed by atoms with E-state index in [2.05, 4.69) is 36.9 Å². The number of hydrogen-bond donors (Lipinski definition) is 1. The van der Waals surface area contributed by atoms with E-state index < -0.39 is 0 Å². The molecular formula is C14H22N2O. The Bertz CT molecular complexity index is 356. The average Bonchev–Trinajstić information content (AvgIpc) is 2.29. The van der Waals surface area contributed by atoms with Crippen LogP contribution in [0.15, 0.2) is 18.2 Å². The van der Waals surface area contributed by atoms with Crippen LogP contribution in [0.3, 0.4) is 0 Å². The maximum Gasteiger partial charge on any atom is 0.0882 e. The van der Waals surface area contributed by atoms with E-state index in [4.69, 9.17) is 10.7 Å². The first-order valence-corrected chi connectivity index (χ1v) is 6.37. The Morgan fingerprint density at radius 1 is 1.24 bits per heavy atom. The molecule has 0 amide bonds. The highest BCUT2D eigenvalue weighted by Gasteiger charge is 2.22. The highest BCUT2D eigenvalue weighted by atomic mass is 16.6. The van der Waals surface area contributed by atoms with E-state index >= 15 is 0 Å². The summed E-state index contributed by atoms with van der Waals surface area (Å²) in [6.07, 6.45) is 3.70. The second kappa shape index (κ2) is 5.52. The van der Waals surface area contributed by atoms with Crippen LogP contribution < -0.4 is 10.8 Å². The Labute approximate surface area is 104 Å². The van der Waals surface area contributed by atoms with Gasteiger partial charge >= 0.3 is 0 Å². The molecule has 3 heteroatoms. The smallest absolute Gasteiger partial charge is 0.0882 e. The monoisotopic (exact) mass is 234 g/mol. The lowest BCUT2D eigenvalue weighted by Gasteiger charge is -2.37. The van der Waals surface area contributed by atoms with Gasteiger partial charge in [-0.05, 0) is 56.4 Å². The van der Waals surface area contributed by atoms with E-state index in [9.17, 15) is 0 Å². The van der Waals surface area contributed by atoms with Gasteiger partial charge in [0.2, 0.25) is 0 Å².